The van der Waals surface area contributed by atoms with Crippen LogP contribution in [-0.4, -0.2) is 77.1 Å². The zero-order valence-electron chi connectivity index (χ0n) is 29.0. The number of nitrogens with zero attached hydrogens (tertiary/aromatic N) is 2. The molecule has 54 heavy (non-hydrogen) atoms. The van der Waals surface area contributed by atoms with Gasteiger partial charge in [0.2, 0.25) is 23.6 Å². The molecule has 17 nitrogen and oxygen atoms in total. The van der Waals surface area contributed by atoms with Crippen LogP contribution in [0.15, 0.2) is 91.0 Å². The number of benzene rings is 3. The minimum Gasteiger partial charge on any atom is -0.429 e. The number of unbranched alkanes of at least 4 members (excludes halogenated alkanes) is 2. The molecular weight excluding hydrogens is 704 g/mol. The van der Waals surface area contributed by atoms with Crippen LogP contribution < -0.4 is 26.0 Å². The summed E-state index contributed by atoms with van der Waals surface area (Å²) >= 11 is 0. The topological polar surface area (TPSA) is 232 Å². The molecule has 0 fully saturated rings. The van der Waals surface area contributed by atoms with Gasteiger partial charge in [-0.1, -0.05) is 48.9 Å². The van der Waals surface area contributed by atoms with Crippen LogP contribution in [0.1, 0.15) is 36.8 Å². The van der Waals surface area contributed by atoms with Gasteiger partial charge in [-0.15, -0.1) is 0 Å². The number of nitrogens with one attached hydrogen (secondary N) is 4. The number of carbonyl (C=O) groups is 7. The second-order valence-electron chi connectivity index (χ2n) is 11.9. The molecule has 0 bridgehead atoms. The summed E-state index contributed by atoms with van der Waals surface area (Å²) in [6, 6.07) is 19.1. The number of rotatable bonds is 19. The van der Waals surface area contributed by atoms with Crippen LogP contribution >= 0.6 is 0 Å². The standard InChI is InChI=1S/C37H38N6O11/c44-31(9-5-2-6-20-42-34(47)18-19-35(42)48)38-22-33(46)41-30(21-25-7-3-1-4-8-25)36(49)39-23-32(45)40-27-12-10-26(11-13-27)24-53-37(50)54-29-16-14-28(15-17-29)43(51)52/h1,3-4,7-8,10-19,30H,2,5-6,9,20-24H2,(H,38,44)(H,39,49)(H,40,45)(H,41,46)/t30-/m0/s1. The number of ether oxygens (including phenoxy) is 2. The number of nitro groups is 1. The van der Waals surface area contributed by atoms with E-state index in [9.17, 15) is 43.7 Å². The number of non-ortho nitro benzene ring substituents is 1. The van der Waals surface area contributed by atoms with Crippen molar-refractivity contribution in [1.82, 2.24) is 20.9 Å². The van der Waals surface area contributed by atoms with Gasteiger partial charge in [0.1, 0.15) is 18.4 Å². The normalized spacial score (nSPS) is 12.4. The van der Waals surface area contributed by atoms with Crippen molar-refractivity contribution in [2.75, 3.05) is 25.0 Å². The molecule has 0 spiro atoms. The van der Waals surface area contributed by atoms with Crippen molar-refractivity contribution >= 4 is 53.0 Å². The summed E-state index contributed by atoms with van der Waals surface area (Å²) in [5.41, 5.74) is 1.56. The lowest BCUT2D eigenvalue weighted by Crippen LogP contribution is -2.51. The average molecular weight is 743 g/mol. The Labute approximate surface area is 309 Å². The van der Waals surface area contributed by atoms with Crippen LogP contribution in [0.2, 0.25) is 0 Å². The summed E-state index contributed by atoms with van der Waals surface area (Å²) in [5, 5.41) is 21.0. The highest BCUT2D eigenvalue weighted by Crippen LogP contribution is 2.18. The van der Waals surface area contributed by atoms with Gasteiger partial charge >= 0.3 is 6.16 Å². The van der Waals surface area contributed by atoms with E-state index in [-0.39, 0.29) is 61.7 Å². The number of nitro benzene ring substituents is 1. The molecule has 0 saturated carbocycles. The Hall–Kier alpha value is -6.91. The van der Waals surface area contributed by atoms with Gasteiger partial charge in [-0.3, -0.25) is 43.8 Å². The maximum Gasteiger partial charge on any atom is 0.514 e. The van der Waals surface area contributed by atoms with Crippen molar-refractivity contribution in [3.05, 3.63) is 112 Å². The number of anilines is 1. The van der Waals surface area contributed by atoms with Gasteiger partial charge in [-0.05, 0) is 48.2 Å². The first kappa shape index (κ1) is 39.9. The second-order valence-corrected chi connectivity index (χ2v) is 11.9. The van der Waals surface area contributed by atoms with E-state index in [2.05, 4.69) is 21.3 Å². The highest BCUT2D eigenvalue weighted by molar-refractivity contribution is 6.12. The molecule has 0 unspecified atom stereocenters. The average Bonchev–Trinajstić information content (AvgIpc) is 3.48. The Bertz CT molecular complexity index is 1850. The van der Waals surface area contributed by atoms with E-state index >= 15 is 0 Å². The zero-order valence-corrected chi connectivity index (χ0v) is 29.0. The third-order valence-electron chi connectivity index (χ3n) is 7.83. The Kier molecular flexibility index (Phi) is 14.9. The fraction of sp³-hybridized carbons (Fsp3) is 0.270. The molecular formula is C37H38N6O11. The first-order chi connectivity index (χ1) is 26.0. The minimum absolute atomic E-state index is 0.0703. The number of hydrogen-bond donors (Lipinski definition) is 4. The lowest BCUT2D eigenvalue weighted by molar-refractivity contribution is -0.384. The summed E-state index contributed by atoms with van der Waals surface area (Å²) in [5.74, 6) is -2.79. The van der Waals surface area contributed by atoms with Gasteiger partial charge < -0.3 is 30.7 Å². The Morgan fingerprint density at radius 1 is 0.741 bits per heavy atom. The van der Waals surface area contributed by atoms with E-state index in [0.29, 0.717) is 30.5 Å². The predicted octanol–water partition coefficient (Wildman–Crippen LogP) is 2.69. The van der Waals surface area contributed by atoms with Gasteiger partial charge in [0.15, 0.2) is 0 Å². The minimum atomic E-state index is -1.05. The Morgan fingerprint density at radius 3 is 2.07 bits per heavy atom. The van der Waals surface area contributed by atoms with Crippen molar-refractivity contribution in [3.8, 4) is 5.75 Å². The smallest absolute Gasteiger partial charge is 0.429 e. The lowest BCUT2D eigenvalue weighted by atomic mass is 10.1. The first-order valence-corrected chi connectivity index (χ1v) is 16.9. The van der Waals surface area contributed by atoms with Gasteiger partial charge in [0, 0.05) is 49.4 Å². The molecule has 4 N–H and O–H groups in total. The maximum absolute atomic E-state index is 13.1. The summed E-state index contributed by atoms with van der Waals surface area (Å²) in [4.78, 5) is 97.3. The third-order valence-corrected chi connectivity index (χ3v) is 7.83. The molecule has 0 aromatic heterocycles. The van der Waals surface area contributed by atoms with Crippen molar-refractivity contribution in [3.63, 3.8) is 0 Å². The van der Waals surface area contributed by atoms with E-state index in [1.807, 2.05) is 0 Å². The largest absolute Gasteiger partial charge is 0.514 e. The molecule has 3 aromatic rings. The maximum atomic E-state index is 13.1. The predicted molar refractivity (Wildman–Crippen MR) is 191 cm³/mol. The molecule has 0 radical (unpaired) electrons. The Morgan fingerprint density at radius 2 is 1.41 bits per heavy atom. The number of hydrogen-bond acceptors (Lipinski definition) is 11. The third kappa shape index (κ3) is 13.3. The molecule has 17 heteroatoms. The van der Waals surface area contributed by atoms with Crippen molar-refractivity contribution in [1.29, 1.82) is 0 Å². The van der Waals surface area contributed by atoms with Crippen molar-refractivity contribution in [2.45, 2.75) is 44.8 Å². The fourth-order valence-corrected chi connectivity index (χ4v) is 5.04. The quantitative estimate of drug-likeness (QED) is 0.0348. The van der Waals surface area contributed by atoms with Crippen LogP contribution in [0, 0.1) is 10.1 Å². The molecule has 3 aromatic carbocycles. The van der Waals surface area contributed by atoms with E-state index in [0.717, 1.165) is 10.5 Å². The second kappa shape index (κ2) is 20.2. The molecule has 4 rings (SSSR count). The molecule has 282 valence electrons. The monoisotopic (exact) mass is 742 g/mol. The van der Waals surface area contributed by atoms with E-state index < -0.39 is 41.4 Å². The molecule has 1 aliphatic heterocycles. The van der Waals surface area contributed by atoms with Crippen LogP contribution in [0.4, 0.5) is 16.2 Å². The van der Waals surface area contributed by atoms with Crippen LogP contribution in [-0.2, 0) is 46.5 Å². The van der Waals surface area contributed by atoms with E-state index in [1.165, 1.54) is 36.4 Å². The summed E-state index contributed by atoms with van der Waals surface area (Å²) < 4.78 is 10.0. The van der Waals surface area contributed by atoms with Gasteiger partial charge in [-0.2, -0.15) is 0 Å². The van der Waals surface area contributed by atoms with E-state index in [4.69, 9.17) is 9.47 Å². The van der Waals surface area contributed by atoms with Crippen LogP contribution in [0.25, 0.3) is 0 Å². The molecule has 0 aliphatic carbocycles. The molecule has 0 saturated heterocycles. The molecule has 6 amide bonds. The number of imide groups is 1. The number of carbonyl (C=O) groups excluding carboxylic acids is 7. The van der Waals surface area contributed by atoms with Gasteiger partial charge in [-0.25, -0.2) is 4.79 Å². The Balaban J connectivity index is 1.17. The van der Waals surface area contributed by atoms with Crippen molar-refractivity contribution < 1.29 is 48.0 Å². The highest BCUT2D eigenvalue weighted by atomic mass is 16.7. The van der Waals surface area contributed by atoms with Gasteiger partial charge in [0.25, 0.3) is 17.5 Å². The zero-order chi connectivity index (χ0) is 38.9. The summed E-state index contributed by atoms with van der Waals surface area (Å²) in [7, 11) is 0. The summed E-state index contributed by atoms with van der Waals surface area (Å²) in [6.45, 7) is -0.670. The fourth-order valence-electron chi connectivity index (χ4n) is 5.04. The number of amides is 6. The highest BCUT2D eigenvalue weighted by Gasteiger charge is 2.23. The first-order valence-electron chi connectivity index (χ1n) is 16.9. The SMILES string of the molecule is O=C(CCCCCN1C(=O)C=CC1=O)NCC(=O)N[C@@H](Cc1ccccc1)C(=O)NCC(=O)Nc1ccc(COC(=O)Oc2ccc([N+](=O)[O-])cc2)cc1. The van der Waals surface area contributed by atoms with Gasteiger partial charge in [0.05, 0.1) is 18.0 Å². The van der Waals surface area contributed by atoms with Crippen LogP contribution in [0.3, 0.4) is 0 Å². The molecule has 1 atom stereocenters. The lowest BCUT2D eigenvalue weighted by Gasteiger charge is -2.19. The molecule has 1 aliphatic rings. The van der Waals surface area contributed by atoms with E-state index in [1.54, 1.807) is 54.6 Å². The van der Waals surface area contributed by atoms with Crippen LogP contribution in [0.5, 0.6) is 5.75 Å². The molecule has 1 heterocycles. The van der Waals surface area contributed by atoms with Crippen molar-refractivity contribution in [2.24, 2.45) is 0 Å². The summed E-state index contributed by atoms with van der Waals surface area (Å²) in [6.07, 6.45) is 3.29.